The minimum absolute atomic E-state index is 0. The van der Waals surface area contributed by atoms with Crippen LogP contribution in [0.5, 0.6) is 0 Å². The standard InChI is InChI=1S/C21H35N5O2.HI/c1-5-22-20(25-16-21(2)10-7-13-28-21)24-15-17-8-6-9-18(14-17)19(27)23-11-12-26(3)4;/h6,8-9,14H,5,7,10-13,15-16H2,1-4H3,(H,23,27)(H2,22,24,25);1H. The molecule has 1 heterocycles. The van der Waals surface area contributed by atoms with E-state index in [1.165, 1.54) is 0 Å². The van der Waals surface area contributed by atoms with Crippen molar-refractivity contribution in [2.45, 2.75) is 38.8 Å². The number of amides is 1. The average molecular weight is 517 g/mol. The molecule has 0 aromatic heterocycles. The van der Waals surface area contributed by atoms with Crippen LogP contribution in [0.2, 0.25) is 0 Å². The van der Waals surface area contributed by atoms with Crippen LogP contribution >= 0.6 is 24.0 Å². The Hall–Kier alpha value is -1.39. The number of halogens is 1. The number of rotatable bonds is 9. The number of guanidine groups is 1. The van der Waals surface area contributed by atoms with E-state index in [0.717, 1.165) is 50.6 Å². The number of carbonyl (C=O) groups excluding carboxylic acids is 1. The lowest BCUT2D eigenvalue weighted by molar-refractivity contribution is 0.0243. The Kier molecular flexibility index (Phi) is 11.5. The van der Waals surface area contributed by atoms with Crippen molar-refractivity contribution in [3.63, 3.8) is 0 Å². The predicted molar refractivity (Wildman–Crippen MR) is 129 cm³/mol. The van der Waals surface area contributed by atoms with E-state index in [0.29, 0.717) is 18.7 Å². The van der Waals surface area contributed by atoms with Gasteiger partial charge in [0.25, 0.3) is 5.91 Å². The van der Waals surface area contributed by atoms with Crippen LogP contribution in [-0.4, -0.2) is 69.2 Å². The van der Waals surface area contributed by atoms with Crippen LogP contribution in [0.25, 0.3) is 0 Å². The van der Waals surface area contributed by atoms with Crippen molar-refractivity contribution >= 4 is 35.8 Å². The third-order valence-corrected chi connectivity index (χ3v) is 4.73. The van der Waals surface area contributed by atoms with Gasteiger partial charge in [-0.2, -0.15) is 0 Å². The third-order valence-electron chi connectivity index (χ3n) is 4.73. The zero-order valence-corrected chi connectivity index (χ0v) is 20.4. The van der Waals surface area contributed by atoms with Gasteiger partial charge in [-0.3, -0.25) is 4.79 Å². The van der Waals surface area contributed by atoms with Crippen molar-refractivity contribution < 1.29 is 9.53 Å². The summed E-state index contributed by atoms with van der Waals surface area (Å²) in [6.07, 6.45) is 2.17. The van der Waals surface area contributed by atoms with Crippen molar-refractivity contribution in [1.82, 2.24) is 20.9 Å². The van der Waals surface area contributed by atoms with E-state index >= 15 is 0 Å². The molecule has 0 bridgehead atoms. The quantitative estimate of drug-likeness (QED) is 0.266. The Morgan fingerprint density at radius 3 is 2.72 bits per heavy atom. The number of hydrogen-bond donors (Lipinski definition) is 3. The molecule has 29 heavy (non-hydrogen) atoms. The van der Waals surface area contributed by atoms with Crippen LogP contribution < -0.4 is 16.0 Å². The van der Waals surface area contributed by atoms with Gasteiger partial charge in [0.05, 0.1) is 12.1 Å². The maximum atomic E-state index is 12.3. The number of carbonyl (C=O) groups is 1. The smallest absolute Gasteiger partial charge is 0.251 e. The molecule has 3 N–H and O–H groups in total. The molecule has 1 atom stereocenters. The number of hydrogen-bond acceptors (Lipinski definition) is 4. The molecule has 8 heteroatoms. The van der Waals surface area contributed by atoms with Gasteiger partial charge in [0, 0.05) is 38.3 Å². The van der Waals surface area contributed by atoms with Crippen LogP contribution in [-0.2, 0) is 11.3 Å². The summed E-state index contributed by atoms with van der Waals surface area (Å²) in [5.74, 6) is 0.712. The number of ether oxygens (including phenoxy) is 1. The molecule has 1 fully saturated rings. The van der Waals surface area contributed by atoms with E-state index in [-0.39, 0.29) is 35.5 Å². The molecule has 0 spiro atoms. The highest BCUT2D eigenvalue weighted by molar-refractivity contribution is 14.0. The summed E-state index contributed by atoms with van der Waals surface area (Å²) < 4.78 is 5.83. The average Bonchev–Trinajstić information content (AvgIpc) is 3.11. The Labute approximate surface area is 192 Å². The number of benzene rings is 1. The first kappa shape index (κ1) is 25.6. The molecule has 0 radical (unpaired) electrons. The Morgan fingerprint density at radius 1 is 1.28 bits per heavy atom. The zero-order chi connectivity index (χ0) is 20.4. The largest absolute Gasteiger partial charge is 0.373 e. The van der Waals surface area contributed by atoms with Crippen LogP contribution in [0.3, 0.4) is 0 Å². The second-order valence-electron chi connectivity index (χ2n) is 7.71. The zero-order valence-electron chi connectivity index (χ0n) is 18.1. The molecule has 164 valence electrons. The first-order chi connectivity index (χ1) is 13.4. The van der Waals surface area contributed by atoms with Crippen LogP contribution in [0.15, 0.2) is 29.3 Å². The first-order valence-corrected chi connectivity index (χ1v) is 10.1. The Balaban J connectivity index is 0.00000420. The number of likely N-dealkylation sites (N-methyl/N-ethyl adjacent to an activating group) is 1. The van der Waals surface area contributed by atoms with Gasteiger partial charge in [0.2, 0.25) is 0 Å². The Morgan fingerprint density at radius 2 is 2.07 bits per heavy atom. The van der Waals surface area contributed by atoms with Crippen molar-refractivity contribution in [3.05, 3.63) is 35.4 Å². The molecule has 1 saturated heterocycles. The summed E-state index contributed by atoms with van der Waals surface area (Å²) in [5.41, 5.74) is 1.54. The van der Waals surface area contributed by atoms with Gasteiger partial charge >= 0.3 is 0 Å². The van der Waals surface area contributed by atoms with Gasteiger partial charge in [-0.15, -0.1) is 24.0 Å². The van der Waals surface area contributed by atoms with E-state index in [1.54, 1.807) is 0 Å². The van der Waals surface area contributed by atoms with E-state index in [4.69, 9.17) is 4.74 Å². The highest BCUT2D eigenvalue weighted by atomic mass is 127. The van der Waals surface area contributed by atoms with Crippen LogP contribution in [0, 0.1) is 0 Å². The van der Waals surface area contributed by atoms with Gasteiger partial charge < -0.3 is 25.6 Å². The maximum Gasteiger partial charge on any atom is 0.251 e. The molecule has 2 rings (SSSR count). The summed E-state index contributed by atoms with van der Waals surface area (Å²) in [4.78, 5) is 19.0. The summed E-state index contributed by atoms with van der Waals surface area (Å²) in [5, 5.41) is 9.59. The fraction of sp³-hybridized carbons (Fsp3) is 0.619. The van der Waals surface area contributed by atoms with E-state index < -0.39 is 0 Å². The lowest BCUT2D eigenvalue weighted by Gasteiger charge is -2.24. The maximum absolute atomic E-state index is 12.3. The molecular formula is C21H36IN5O2. The van der Waals surface area contributed by atoms with Gasteiger partial charge in [-0.25, -0.2) is 4.99 Å². The molecule has 1 aliphatic heterocycles. The molecule has 1 aromatic carbocycles. The lowest BCUT2D eigenvalue weighted by atomic mass is 10.0. The summed E-state index contributed by atoms with van der Waals surface area (Å²) in [7, 11) is 3.97. The SMILES string of the molecule is CCNC(=NCc1cccc(C(=O)NCCN(C)C)c1)NCC1(C)CCCO1.I. The molecule has 1 amide bonds. The van der Waals surface area contributed by atoms with Gasteiger partial charge in [-0.05, 0) is 58.5 Å². The predicted octanol–water partition coefficient (Wildman–Crippen LogP) is 2.22. The summed E-state index contributed by atoms with van der Waals surface area (Å²) in [6.45, 7) is 8.48. The molecule has 1 aliphatic rings. The number of nitrogens with one attached hydrogen (secondary N) is 3. The van der Waals surface area contributed by atoms with Gasteiger partial charge in [0.1, 0.15) is 0 Å². The van der Waals surface area contributed by atoms with Crippen molar-refractivity contribution in [3.8, 4) is 0 Å². The lowest BCUT2D eigenvalue weighted by Crippen LogP contribution is -2.45. The van der Waals surface area contributed by atoms with Crippen molar-refractivity contribution in [2.75, 3.05) is 46.9 Å². The minimum atomic E-state index is -0.124. The molecule has 0 saturated carbocycles. The highest BCUT2D eigenvalue weighted by Crippen LogP contribution is 2.23. The highest BCUT2D eigenvalue weighted by Gasteiger charge is 2.29. The minimum Gasteiger partial charge on any atom is -0.373 e. The molecular weight excluding hydrogens is 481 g/mol. The van der Waals surface area contributed by atoms with Crippen LogP contribution in [0.4, 0.5) is 0 Å². The summed E-state index contributed by atoms with van der Waals surface area (Å²) >= 11 is 0. The second kappa shape index (κ2) is 13.0. The van der Waals surface area contributed by atoms with Crippen LogP contribution in [0.1, 0.15) is 42.6 Å². The fourth-order valence-electron chi connectivity index (χ4n) is 3.07. The monoisotopic (exact) mass is 517 g/mol. The summed E-state index contributed by atoms with van der Waals surface area (Å²) in [6, 6.07) is 7.63. The second-order valence-corrected chi connectivity index (χ2v) is 7.71. The topological polar surface area (TPSA) is 78.0 Å². The molecule has 7 nitrogen and oxygen atoms in total. The fourth-order valence-corrected chi connectivity index (χ4v) is 3.07. The normalized spacial score (nSPS) is 19.0. The molecule has 1 aromatic rings. The van der Waals surface area contributed by atoms with E-state index in [2.05, 4.69) is 27.9 Å². The number of nitrogens with zero attached hydrogens (tertiary/aromatic N) is 2. The third kappa shape index (κ3) is 9.31. The van der Waals surface area contributed by atoms with Gasteiger partial charge in [-0.1, -0.05) is 12.1 Å². The molecule has 0 aliphatic carbocycles. The van der Waals surface area contributed by atoms with Crippen molar-refractivity contribution in [1.29, 1.82) is 0 Å². The molecule has 1 unspecified atom stereocenters. The first-order valence-electron chi connectivity index (χ1n) is 10.1. The Bertz CT molecular complexity index is 660. The number of aliphatic imine (C=N–C) groups is 1. The van der Waals surface area contributed by atoms with E-state index in [9.17, 15) is 4.79 Å². The van der Waals surface area contributed by atoms with E-state index in [1.807, 2.05) is 50.2 Å². The van der Waals surface area contributed by atoms with Crippen molar-refractivity contribution in [2.24, 2.45) is 4.99 Å². The van der Waals surface area contributed by atoms with Gasteiger partial charge in [0.15, 0.2) is 5.96 Å².